The molecule has 9 heteroatoms. The van der Waals surface area contributed by atoms with Crippen molar-refractivity contribution in [3.8, 4) is 11.5 Å². The van der Waals surface area contributed by atoms with Crippen LogP contribution in [0.1, 0.15) is 0 Å². The highest BCUT2D eigenvalue weighted by molar-refractivity contribution is 7.86. The van der Waals surface area contributed by atoms with Crippen molar-refractivity contribution >= 4 is 45.3 Å². The predicted molar refractivity (Wildman–Crippen MR) is 94.6 cm³/mol. The molecule has 2 aromatic rings. The molecule has 0 saturated carbocycles. The van der Waals surface area contributed by atoms with E-state index in [1.165, 1.54) is 12.1 Å². The van der Waals surface area contributed by atoms with Gasteiger partial charge < -0.3 is 9.64 Å². The largest absolute Gasteiger partial charge is 0.454 e. The van der Waals surface area contributed by atoms with Gasteiger partial charge in [0.15, 0.2) is 5.75 Å². The first-order valence-corrected chi connectivity index (χ1v) is 8.81. The van der Waals surface area contributed by atoms with Gasteiger partial charge in [-0.15, -0.1) is 0 Å². The zero-order valence-electron chi connectivity index (χ0n) is 12.8. The third-order valence-electron chi connectivity index (χ3n) is 2.75. The SMILES string of the molecule is CN(C)C=Nc1cc(Cl)ccc1Oc1ccc(Cl)cc1S(=O)(=O)O. The zero-order chi connectivity index (χ0) is 17.9. The van der Waals surface area contributed by atoms with Crippen LogP contribution in [0.2, 0.25) is 10.0 Å². The molecular weight excluding hydrogens is 375 g/mol. The van der Waals surface area contributed by atoms with Crippen LogP contribution in [0.3, 0.4) is 0 Å². The van der Waals surface area contributed by atoms with Crippen LogP contribution in [0.25, 0.3) is 0 Å². The molecule has 0 bridgehead atoms. The summed E-state index contributed by atoms with van der Waals surface area (Å²) in [5.74, 6) is 0.190. The second-order valence-corrected chi connectivity index (χ2v) is 7.25. The number of hydrogen-bond donors (Lipinski definition) is 1. The Morgan fingerprint density at radius 1 is 1.08 bits per heavy atom. The zero-order valence-corrected chi connectivity index (χ0v) is 15.1. The van der Waals surface area contributed by atoms with Gasteiger partial charge >= 0.3 is 0 Å². The molecule has 0 unspecified atom stereocenters. The highest BCUT2D eigenvalue weighted by Crippen LogP contribution is 2.37. The first-order chi connectivity index (χ1) is 11.2. The van der Waals surface area contributed by atoms with Crippen LogP contribution in [0.5, 0.6) is 11.5 Å². The van der Waals surface area contributed by atoms with Crippen LogP contribution in [-0.2, 0) is 10.1 Å². The van der Waals surface area contributed by atoms with Crippen molar-refractivity contribution in [3.63, 3.8) is 0 Å². The van der Waals surface area contributed by atoms with Crippen molar-refractivity contribution in [2.24, 2.45) is 4.99 Å². The Morgan fingerprint density at radius 3 is 2.25 bits per heavy atom. The molecule has 0 aromatic heterocycles. The van der Waals surface area contributed by atoms with Gasteiger partial charge in [0.2, 0.25) is 0 Å². The first kappa shape index (κ1) is 18.5. The van der Waals surface area contributed by atoms with E-state index in [-0.39, 0.29) is 16.5 Å². The minimum atomic E-state index is -4.50. The Hall–Kier alpha value is -1.80. The summed E-state index contributed by atoms with van der Waals surface area (Å²) in [7, 11) is -0.913. The maximum absolute atomic E-state index is 11.5. The number of rotatable bonds is 5. The topological polar surface area (TPSA) is 79.2 Å². The average molecular weight is 389 g/mol. The fourth-order valence-electron chi connectivity index (χ4n) is 1.74. The van der Waals surface area contributed by atoms with Gasteiger partial charge in [-0.25, -0.2) is 4.99 Å². The minimum Gasteiger partial charge on any atom is -0.454 e. The summed E-state index contributed by atoms with van der Waals surface area (Å²) >= 11 is 11.7. The number of halogens is 2. The first-order valence-electron chi connectivity index (χ1n) is 6.62. The molecule has 0 fully saturated rings. The van der Waals surface area contributed by atoms with Crippen LogP contribution < -0.4 is 4.74 Å². The monoisotopic (exact) mass is 388 g/mol. The highest BCUT2D eigenvalue weighted by atomic mass is 35.5. The maximum Gasteiger partial charge on any atom is 0.298 e. The molecule has 2 aromatic carbocycles. The number of benzene rings is 2. The van der Waals surface area contributed by atoms with E-state index in [1.54, 1.807) is 43.5 Å². The van der Waals surface area contributed by atoms with Gasteiger partial charge in [0.25, 0.3) is 10.1 Å². The lowest BCUT2D eigenvalue weighted by Gasteiger charge is -2.12. The Balaban J connectivity index is 2.49. The quantitative estimate of drug-likeness (QED) is 0.470. The van der Waals surface area contributed by atoms with E-state index >= 15 is 0 Å². The molecule has 0 aliphatic rings. The van der Waals surface area contributed by atoms with E-state index in [2.05, 4.69) is 4.99 Å². The van der Waals surface area contributed by atoms with Gasteiger partial charge in [-0.2, -0.15) is 8.42 Å². The molecule has 6 nitrogen and oxygen atoms in total. The summed E-state index contributed by atoms with van der Waals surface area (Å²) in [5.41, 5.74) is 0.396. The second kappa shape index (κ2) is 7.40. The number of ether oxygens (including phenoxy) is 1. The molecule has 0 radical (unpaired) electrons. The van der Waals surface area contributed by atoms with Gasteiger partial charge in [0, 0.05) is 24.1 Å². The van der Waals surface area contributed by atoms with Crippen LogP contribution >= 0.6 is 23.2 Å². The van der Waals surface area contributed by atoms with E-state index in [4.69, 9.17) is 27.9 Å². The lowest BCUT2D eigenvalue weighted by molar-refractivity contribution is 0.450. The van der Waals surface area contributed by atoms with E-state index < -0.39 is 15.0 Å². The standard InChI is InChI=1S/C15H14Cl2N2O4S/c1-19(2)9-18-12-7-10(16)3-5-13(12)23-14-6-4-11(17)8-15(14)24(20,21)22/h3-9H,1-2H3,(H,20,21,22). The van der Waals surface area contributed by atoms with Gasteiger partial charge in [0.1, 0.15) is 16.3 Å². The van der Waals surface area contributed by atoms with E-state index in [9.17, 15) is 13.0 Å². The van der Waals surface area contributed by atoms with E-state index in [0.717, 1.165) is 6.07 Å². The summed E-state index contributed by atoms with van der Waals surface area (Å²) in [5, 5.41) is 0.594. The Labute approximate surface area is 150 Å². The van der Waals surface area contributed by atoms with E-state index in [0.29, 0.717) is 10.7 Å². The van der Waals surface area contributed by atoms with Crippen LogP contribution in [-0.4, -0.2) is 38.3 Å². The normalized spacial score (nSPS) is 11.7. The molecule has 128 valence electrons. The van der Waals surface area contributed by atoms with Gasteiger partial charge in [0.05, 0.1) is 6.34 Å². The van der Waals surface area contributed by atoms with Gasteiger partial charge in [-0.05, 0) is 36.4 Å². The third kappa shape index (κ3) is 4.85. The molecule has 0 amide bonds. The van der Waals surface area contributed by atoms with Crippen molar-refractivity contribution in [2.75, 3.05) is 14.1 Å². The Morgan fingerprint density at radius 2 is 1.67 bits per heavy atom. The molecule has 1 N–H and O–H groups in total. The number of nitrogens with zero attached hydrogens (tertiary/aromatic N) is 2. The number of hydrogen-bond acceptors (Lipinski definition) is 4. The third-order valence-corrected chi connectivity index (χ3v) is 4.10. The van der Waals surface area contributed by atoms with Gasteiger partial charge in [-0.1, -0.05) is 23.2 Å². The Bertz CT molecular complexity index is 883. The number of aliphatic imine (C=N–C) groups is 1. The highest BCUT2D eigenvalue weighted by Gasteiger charge is 2.19. The molecule has 0 spiro atoms. The van der Waals surface area contributed by atoms with Crippen LogP contribution in [0, 0.1) is 0 Å². The molecule has 2 rings (SSSR count). The summed E-state index contributed by atoms with van der Waals surface area (Å²) in [6.45, 7) is 0. The predicted octanol–water partition coefficient (Wildman–Crippen LogP) is 4.25. The average Bonchev–Trinajstić information content (AvgIpc) is 2.48. The van der Waals surface area contributed by atoms with Crippen LogP contribution in [0.15, 0.2) is 46.3 Å². The maximum atomic E-state index is 11.5. The summed E-state index contributed by atoms with van der Waals surface area (Å²) in [6.07, 6.45) is 1.55. The van der Waals surface area contributed by atoms with Gasteiger partial charge in [-0.3, -0.25) is 4.55 Å². The molecule has 0 saturated heterocycles. The second-order valence-electron chi connectivity index (χ2n) is 4.99. The van der Waals surface area contributed by atoms with Crippen molar-refractivity contribution in [2.45, 2.75) is 4.90 Å². The molecule has 0 atom stereocenters. The van der Waals surface area contributed by atoms with Crippen molar-refractivity contribution < 1.29 is 17.7 Å². The van der Waals surface area contributed by atoms with Crippen molar-refractivity contribution in [3.05, 3.63) is 46.4 Å². The summed E-state index contributed by atoms with van der Waals surface area (Å²) in [6, 6.07) is 8.59. The molecular formula is C15H14Cl2N2O4S. The fourth-order valence-corrected chi connectivity index (χ4v) is 2.78. The van der Waals surface area contributed by atoms with Crippen molar-refractivity contribution in [1.82, 2.24) is 4.90 Å². The van der Waals surface area contributed by atoms with Crippen molar-refractivity contribution in [1.29, 1.82) is 0 Å². The summed E-state index contributed by atoms with van der Waals surface area (Å²) < 4.78 is 38.0. The summed E-state index contributed by atoms with van der Waals surface area (Å²) in [4.78, 5) is 5.51. The smallest absolute Gasteiger partial charge is 0.298 e. The molecule has 0 aliphatic carbocycles. The Kier molecular flexibility index (Phi) is 5.71. The lowest BCUT2D eigenvalue weighted by Crippen LogP contribution is -2.07. The van der Waals surface area contributed by atoms with Crippen LogP contribution in [0.4, 0.5) is 5.69 Å². The lowest BCUT2D eigenvalue weighted by atomic mass is 10.3. The molecule has 0 heterocycles. The minimum absolute atomic E-state index is 0.0782. The molecule has 0 aliphatic heterocycles. The molecule has 24 heavy (non-hydrogen) atoms. The van der Waals surface area contributed by atoms with E-state index in [1.807, 2.05) is 0 Å². The fraction of sp³-hybridized carbons (Fsp3) is 0.133.